The van der Waals surface area contributed by atoms with Gasteiger partial charge in [-0.25, -0.2) is 0 Å². The number of halogens is 2. The fourth-order valence-corrected chi connectivity index (χ4v) is 2.23. The Bertz CT molecular complexity index is 549. The van der Waals surface area contributed by atoms with E-state index in [2.05, 4.69) is 37.0 Å². The summed E-state index contributed by atoms with van der Waals surface area (Å²) in [5, 5.41) is 4.31. The van der Waals surface area contributed by atoms with Crippen LogP contribution in [0.4, 0.5) is 0 Å². The van der Waals surface area contributed by atoms with Gasteiger partial charge in [-0.05, 0) is 28.1 Å². The molecule has 0 aliphatic carbocycles. The van der Waals surface area contributed by atoms with Crippen molar-refractivity contribution in [2.24, 2.45) is 7.05 Å². The third-order valence-electron chi connectivity index (χ3n) is 2.23. The molecule has 0 aliphatic rings. The molecule has 0 spiro atoms. The Hall–Kier alpha value is -0.940. The van der Waals surface area contributed by atoms with Gasteiger partial charge in [-0.3, -0.25) is 9.48 Å². The molecule has 0 saturated carbocycles. The molecule has 3 nitrogen and oxygen atoms in total. The predicted molar refractivity (Wildman–Crippen MR) is 69.4 cm³/mol. The first kappa shape index (κ1) is 11.5. The first-order valence-corrected chi connectivity index (χ1v) is 6.15. The summed E-state index contributed by atoms with van der Waals surface area (Å²) in [5.74, 6) is 0. The van der Waals surface area contributed by atoms with Crippen LogP contribution in [-0.4, -0.2) is 16.1 Å². The lowest BCUT2D eigenvalue weighted by Gasteiger charge is -1.98. The third kappa shape index (κ3) is 1.97. The van der Waals surface area contributed by atoms with E-state index in [4.69, 9.17) is 0 Å². The van der Waals surface area contributed by atoms with Crippen LogP contribution in [0.2, 0.25) is 0 Å². The molecule has 0 unspecified atom stereocenters. The van der Waals surface area contributed by atoms with Crippen LogP contribution < -0.4 is 0 Å². The molecule has 0 radical (unpaired) electrons. The minimum atomic E-state index is 0.570. The number of aryl methyl sites for hydroxylation is 1. The smallest absolute Gasteiger partial charge is 0.155 e. The summed E-state index contributed by atoms with van der Waals surface area (Å²) in [5.41, 5.74) is 2.17. The zero-order chi connectivity index (χ0) is 11.7. The largest absolute Gasteiger partial charge is 0.298 e. The first-order chi connectivity index (χ1) is 7.63. The fourth-order valence-electron chi connectivity index (χ4n) is 1.47. The minimum Gasteiger partial charge on any atom is -0.298 e. The van der Waals surface area contributed by atoms with E-state index < -0.39 is 0 Å². The highest BCUT2D eigenvalue weighted by molar-refractivity contribution is 9.10. The average Bonchev–Trinajstić information content (AvgIpc) is 2.55. The van der Waals surface area contributed by atoms with Crippen LogP contribution in [0.25, 0.3) is 11.3 Å². The van der Waals surface area contributed by atoms with Gasteiger partial charge in [0.1, 0.15) is 10.3 Å². The maximum Gasteiger partial charge on any atom is 0.155 e. The van der Waals surface area contributed by atoms with Crippen LogP contribution >= 0.6 is 31.9 Å². The molecule has 0 atom stereocenters. The number of hydrogen-bond acceptors (Lipinski definition) is 2. The maximum atomic E-state index is 11.0. The van der Waals surface area contributed by atoms with Crippen LogP contribution in [-0.2, 0) is 7.05 Å². The molecule has 1 aromatic carbocycles. The van der Waals surface area contributed by atoms with Gasteiger partial charge in [0.2, 0.25) is 0 Å². The first-order valence-electron chi connectivity index (χ1n) is 4.57. The molecule has 2 aromatic rings. The van der Waals surface area contributed by atoms with Crippen LogP contribution in [0.3, 0.4) is 0 Å². The molecule has 5 heteroatoms. The Kier molecular flexibility index (Phi) is 3.25. The van der Waals surface area contributed by atoms with Crippen molar-refractivity contribution in [3.05, 3.63) is 38.9 Å². The topological polar surface area (TPSA) is 34.9 Å². The SMILES string of the molecule is Cn1nc(-c2cccc(Br)c2)c(C=O)c1Br. The van der Waals surface area contributed by atoms with Crippen molar-refractivity contribution in [2.75, 3.05) is 0 Å². The molecule has 16 heavy (non-hydrogen) atoms. The Balaban J connectivity index is 2.64. The third-order valence-corrected chi connectivity index (χ3v) is 3.66. The highest BCUT2D eigenvalue weighted by Crippen LogP contribution is 2.28. The Morgan fingerprint density at radius 1 is 1.38 bits per heavy atom. The minimum absolute atomic E-state index is 0.570. The van der Waals surface area contributed by atoms with Gasteiger partial charge in [-0.1, -0.05) is 28.1 Å². The summed E-state index contributed by atoms with van der Waals surface area (Å²) in [4.78, 5) is 11.0. The van der Waals surface area contributed by atoms with E-state index in [1.807, 2.05) is 24.3 Å². The van der Waals surface area contributed by atoms with Gasteiger partial charge >= 0.3 is 0 Å². The van der Waals surface area contributed by atoms with E-state index in [0.717, 1.165) is 16.3 Å². The van der Waals surface area contributed by atoms with Crippen molar-refractivity contribution in [3.8, 4) is 11.3 Å². The van der Waals surface area contributed by atoms with Crippen LogP contribution in [0.15, 0.2) is 33.3 Å². The van der Waals surface area contributed by atoms with Crippen molar-refractivity contribution in [1.29, 1.82) is 0 Å². The quantitative estimate of drug-likeness (QED) is 0.783. The number of carbonyl (C=O) groups is 1. The van der Waals surface area contributed by atoms with E-state index in [0.29, 0.717) is 15.9 Å². The van der Waals surface area contributed by atoms with Crippen molar-refractivity contribution in [1.82, 2.24) is 9.78 Å². The van der Waals surface area contributed by atoms with Gasteiger partial charge in [-0.2, -0.15) is 5.10 Å². The zero-order valence-electron chi connectivity index (χ0n) is 8.45. The summed E-state index contributed by atoms with van der Waals surface area (Å²) < 4.78 is 3.29. The summed E-state index contributed by atoms with van der Waals surface area (Å²) in [6, 6.07) is 7.70. The van der Waals surface area contributed by atoms with E-state index in [1.54, 1.807) is 11.7 Å². The van der Waals surface area contributed by atoms with Crippen LogP contribution in [0, 0.1) is 0 Å². The standard InChI is InChI=1S/C11H8Br2N2O/c1-15-11(13)9(6-16)10(14-15)7-3-2-4-8(12)5-7/h2-6H,1H3. The zero-order valence-corrected chi connectivity index (χ0v) is 11.6. The highest BCUT2D eigenvalue weighted by atomic mass is 79.9. The summed E-state index contributed by atoms with van der Waals surface area (Å²) in [6.45, 7) is 0. The lowest BCUT2D eigenvalue weighted by molar-refractivity contribution is 0.112. The molecule has 0 saturated heterocycles. The van der Waals surface area contributed by atoms with Crippen molar-refractivity contribution >= 4 is 38.1 Å². The van der Waals surface area contributed by atoms with E-state index in [9.17, 15) is 4.79 Å². The Morgan fingerprint density at radius 3 is 2.75 bits per heavy atom. The number of nitrogens with zero attached hydrogens (tertiary/aromatic N) is 2. The number of aldehydes is 1. The van der Waals surface area contributed by atoms with E-state index in [-0.39, 0.29) is 0 Å². The summed E-state index contributed by atoms with van der Waals surface area (Å²) >= 11 is 6.73. The molecule has 0 N–H and O–H groups in total. The maximum absolute atomic E-state index is 11.0. The lowest BCUT2D eigenvalue weighted by atomic mass is 10.1. The summed E-state index contributed by atoms with van der Waals surface area (Å²) in [6.07, 6.45) is 0.813. The molecule has 82 valence electrons. The lowest BCUT2D eigenvalue weighted by Crippen LogP contribution is -1.89. The number of benzene rings is 1. The molecule has 1 aromatic heterocycles. The van der Waals surface area contributed by atoms with Crippen molar-refractivity contribution < 1.29 is 4.79 Å². The van der Waals surface area contributed by atoms with Gasteiger partial charge in [0.25, 0.3) is 0 Å². The van der Waals surface area contributed by atoms with Gasteiger partial charge in [0, 0.05) is 17.1 Å². The number of carbonyl (C=O) groups excluding carboxylic acids is 1. The second-order valence-corrected chi connectivity index (χ2v) is 4.97. The van der Waals surface area contributed by atoms with Crippen molar-refractivity contribution in [2.45, 2.75) is 0 Å². The number of aromatic nitrogens is 2. The van der Waals surface area contributed by atoms with Gasteiger partial charge in [-0.15, -0.1) is 0 Å². The monoisotopic (exact) mass is 342 g/mol. The van der Waals surface area contributed by atoms with Gasteiger partial charge < -0.3 is 0 Å². The molecule has 0 aliphatic heterocycles. The van der Waals surface area contributed by atoms with Crippen LogP contribution in [0.5, 0.6) is 0 Å². The molecule has 1 heterocycles. The van der Waals surface area contributed by atoms with E-state index >= 15 is 0 Å². The average molecular weight is 344 g/mol. The second kappa shape index (κ2) is 4.51. The molecule has 0 bridgehead atoms. The number of rotatable bonds is 2. The molecule has 0 fully saturated rings. The molecule has 2 rings (SSSR count). The predicted octanol–water partition coefficient (Wildman–Crippen LogP) is 3.42. The fraction of sp³-hybridized carbons (Fsp3) is 0.0909. The Morgan fingerprint density at radius 2 is 2.12 bits per heavy atom. The van der Waals surface area contributed by atoms with E-state index in [1.165, 1.54) is 0 Å². The number of hydrogen-bond donors (Lipinski definition) is 0. The molecule has 0 amide bonds. The molecular weight excluding hydrogens is 336 g/mol. The van der Waals surface area contributed by atoms with Crippen molar-refractivity contribution in [3.63, 3.8) is 0 Å². The van der Waals surface area contributed by atoms with Gasteiger partial charge in [0.05, 0.1) is 5.56 Å². The van der Waals surface area contributed by atoms with Crippen LogP contribution in [0.1, 0.15) is 10.4 Å². The van der Waals surface area contributed by atoms with Gasteiger partial charge in [0.15, 0.2) is 6.29 Å². The molecular formula is C11H8Br2N2O. The highest BCUT2D eigenvalue weighted by Gasteiger charge is 2.14. The normalized spacial score (nSPS) is 10.4. The Labute approximate surface area is 110 Å². The summed E-state index contributed by atoms with van der Waals surface area (Å²) in [7, 11) is 1.79. The second-order valence-electron chi connectivity index (χ2n) is 3.30.